The molecule has 4 nitrogen and oxygen atoms in total. The average molecular weight is 401 g/mol. The van der Waals surface area contributed by atoms with Crippen LogP contribution in [0, 0.1) is 0 Å². The lowest BCUT2D eigenvalue weighted by atomic mass is 9.88. The van der Waals surface area contributed by atoms with Crippen LogP contribution in [0.4, 0.5) is 0 Å². The van der Waals surface area contributed by atoms with E-state index in [0.717, 1.165) is 16.7 Å². The van der Waals surface area contributed by atoms with E-state index in [9.17, 15) is 9.59 Å². The number of hydrogen-bond acceptors (Lipinski definition) is 2. The van der Waals surface area contributed by atoms with Crippen LogP contribution in [0.1, 0.15) is 36.0 Å². The molecule has 0 spiro atoms. The van der Waals surface area contributed by atoms with E-state index >= 15 is 0 Å². The first kappa shape index (κ1) is 21.3. The van der Waals surface area contributed by atoms with Crippen molar-refractivity contribution in [1.29, 1.82) is 0 Å². The highest BCUT2D eigenvalue weighted by molar-refractivity contribution is 5.87. The van der Waals surface area contributed by atoms with Gasteiger partial charge >= 0.3 is 0 Å². The van der Waals surface area contributed by atoms with Crippen molar-refractivity contribution in [2.75, 3.05) is 7.05 Å². The largest absolute Gasteiger partial charge is 0.357 e. The Bertz CT molecular complexity index is 903. The summed E-state index contributed by atoms with van der Waals surface area (Å²) in [4.78, 5) is 27.6. The minimum absolute atomic E-state index is 0.0485. The number of benzene rings is 3. The van der Waals surface area contributed by atoms with Gasteiger partial charge in [-0.2, -0.15) is 0 Å². The fraction of sp³-hybridized carbons (Fsp3) is 0.231. The van der Waals surface area contributed by atoms with Gasteiger partial charge in [0.25, 0.3) is 0 Å². The second-order valence-corrected chi connectivity index (χ2v) is 7.38. The van der Waals surface area contributed by atoms with E-state index in [-0.39, 0.29) is 17.7 Å². The lowest BCUT2D eigenvalue weighted by Crippen LogP contribution is -2.47. The fourth-order valence-corrected chi connectivity index (χ4v) is 3.66. The average Bonchev–Trinajstić information content (AvgIpc) is 2.81. The molecular weight excluding hydrogens is 372 g/mol. The van der Waals surface area contributed by atoms with Crippen molar-refractivity contribution < 1.29 is 9.59 Å². The molecule has 3 aromatic rings. The summed E-state index contributed by atoms with van der Waals surface area (Å²) < 4.78 is 0. The van der Waals surface area contributed by atoms with E-state index < -0.39 is 6.04 Å². The summed E-state index contributed by atoms with van der Waals surface area (Å²) in [6, 6.07) is 29.3. The molecule has 1 N–H and O–H groups in total. The number of rotatable bonds is 8. The van der Waals surface area contributed by atoms with E-state index in [1.807, 2.05) is 66.7 Å². The van der Waals surface area contributed by atoms with Crippen LogP contribution in [0.3, 0.4) is 0 Å². The van der Waals surface area contributed by atoms with Crippen molar-refractivity contribution in [1.82, 2.24) is 10.2 Å². The Labute approximate surface area is 178 Å². The van der Waals surface area contributed by atoms with Crippen LogP contribution in [0.15, 0.2) is 91.0 Å². The maximum Gasteiger partial charge on any atom is 0.242 e. The predicted molar refractivity (Wildman–Crippen MR) is 120 cm³/mol. The third-order valence-electron chi connectivity index (χ3n) is 5.39. The van der Waals surface area contributed by atoms with E-state index in [1.165, 1.54) is 0 Å². The zero-order chi connectivity index (χ0) is 21.3. The quantitative estimate of drug-likeness (QED) is 0.610. The smallest absolute Gasteiger partial charge is 0.242 e. The van der Waals surface area contributed by atoms with E-state index in [1.54, 1.807) is 18.9 Å². The molecule has 0 fully saturated rings. The number of amides is 2. The molecule has 0 radical (unpaired) electrons. The van der Waals surface area contributed by atoms with Crippen molar-refractivity contribution in [3.8, 4) is 0 Å². The van der Waals surface area contributed by atoms with Gasteiger partial charge < -0.3 is 10.2 Å². The molecule has 0 bridgehead atoms. The molecular formula is C26H28N2O2. The molecule has 0 saturated carbocycles. The Hall–Kier alpha value is -3.40. The summed E-state index contributed by atoms with van der Waals surface area (Å²) in [5.74, 6) is -0.294. The summed E-state index contributed by atoms with van der Waals surface area (Å²) >= 11 is 0. The lowest BCUT2D eigenvalue weighted by molar-refractivity contribution is -0.140. The van der Waals surface area contributed by atoms with Gasteiger partial charge in [-0.15, -0.1) is 0 Å². The SMILES string of the molecule is CNC(=O)C(C)N(Cc1ccccc1)C(=O)CC(c1ccccc1)c1ccccc1. The molecule has 0 aromatic heterocycles. The Balaban J connectivity index is 1.90. The Morgan fingerprint density at radius 3 is 1.73 bits per heavy atom. The molecule has 1 atom stereocenters. The van der Waals surface area contributed by atoms with Crippen molar-refractivity contribution in [2.24, 2.45) is 0 Å². The maximum atomic E-state index is 13.5. The monoisotopic (exact) mass is 400 g/mol. The molecule has 3 rings (SSSR count). The van der Waals surface area contributed by atoms with Gasteiger partial charge in [0.1, 0.15) is 6.04 Å². The normalized spacial score (nSPS) is 11.7. The highest BCUT2D eigenvalue weighted by Crippen LogP contribution is 2.29. The molecule has 0 aliphatic carbocycles. The zero-order valence-corrected chi connectivity index (χ0v) is 17.5. The number of hydrogen-bond donors (Lipinski definition) is 1. The highest BCUT2D eigenvalue weighted by atomic mass is 16.2. The first-order valence-electron chi connectivity index (χ1n) is 10.2. The topological polar surface area (TPSA) is 49.4 Å². The number of nitrogens with one attached hydrogen (secondary N) is 1. The van der Waals surface area contributed by atoms with E-state index in [2.05, 4.69) is 29.6 Å². The first-order chi connectivity index (χ1) is 14.6. The minimum atomic E-state index is -0.560. The van der Waals surface area contributed by atoms with Crippen LogP contribution >= 0.6 is 0 Å². The Morgan fingerprint density at radius 1 is 0.800 bits per heavy atom. The van der Waals surface area contributed by atoms with Gasteiger partial charge in [-0.3, -0.25) is 9.59 Å². The van der Waals surface area contributed by atoms with Crippen LogP contribution in [0.25, 0.3) is 0 Å². The number of carbonyl (C=O) groups is 2. The summed E-state index contributed by atoms with van der Waals surface area (Å²) in [6.07, 6.45) is 0.294. The summed E-state index contributed by atoms with van der Waals surface area (Å²) in [7, 11) is 1.60. The zero-order valence-electron chi connectivity index (χ0n) is 17.5. The van der Waals surface area contributed by atoms with Crippen LogP contribution < -0.4 is 5.32 Å². The van der Waals surface area contributed by atoms with Crippen LogP contribution in [0.5, 0.6) is 0 Å². The van der Waals surface area contributed by atoms with Gasteiger partial charge in [0, 0.05) is 25.9 Å². The molecule has 1 unspecified atom stereocenters. The number of carbonyl (C=O) groups excluding carboxylic acids is 2. The molecule has 4 heteroatoms. The second kappa shape index (κ2) is 10.4. The highest BCUT2D eigenvalue weighted by Gasteiger charge is 2.28. The molecule has 0 aliphatic heterocycles. The predicted octanol–water partition coefficient (Wildman–Crippen LogP) is 4.37. The van der Waals surface area contributed by atoms with Crippen molar-refractivity contribution >= 4 is 11.8 Å². The minimum Gasteiger partial charge on any atom is -0.357 e. The molecule has 154 valence electrons. The lowest BCUT2D eigenvalue weighted by Gasteiger charge is -2.30. The second-order valence-electron chi connectivity index (χ2n) is 7.38. The van der Waals surface area contributed by atoms with Crippen molar-refractivity contribution in [3.05, 3.63) is 108 Å². The third kappa shape index (κ3) is 5.35. The van der Waals surface area contributed by atoms with Crippen LogP contribution in [-0.4, -0.2) is 29.8 Å². The molecule has 0 heterocycles. The molecule has 0 saturated heterocycles. The van der Waals surface area contributed by atoms with Gasteiger partial charge in [-0.25, -0.2) is 0 Å². The van der Waals surface area contributed by atoms with Gasteiger partial charge in [0.2, 0.25) is 11.8 Å². The standard InChI is InChI=1S/C26H28N2O2/c1-20(26(30)27-2)28(19-21-12-6-3-7-13-21)25(29)18-24(22-14-8-4-9-15-22)23-16-10-5-11-17-23/h3-17,20,24H,18-19H2,1-2H3,(H,27,30). The maximum absolute atomic E-state index is 13.5. The summed E-state index contributed by atoms with van der Waals surface area (Å²) in [6.45, 7) is 2.17. The van der Waals surface area contributed by atoms with Crippen LogP contribution in [0.2, 0.25) is 0 Å². The van der Waals surface area contributed by atoms with Gasteiger partial charge in [-0.1, -0.05) is 91.0 Å². The van der Waals surface area contributed by atoms with Gasteiger partial charge in [0.05, 0.1) is 0 Å². The van der Waals surface area contributed by atoms with E-state index in [4.69, 9.17) is 0 Å². The molecule has 2 amide bonds. The molecule has 30 heavy (non-hydrogen) atoms. The van der Waals surface area contributed by atoms with E-state index in [0.29, 0.717) is 13.0 Å². The number of likely N-dealkylation sites (N-methyl/N-ethyl adjacent to an activating group) is 1. The number of nitrogens with zero attached hydrogens (tertiary/aromatic N) is 1. The van der Waals surface area contributed by atoms with Gasteiger partial charge in [0.15, 0.2) is 0 Å². The molecule has 3 aromatic carbocycles. The van der Waals surface area contributed by atoms with Crippen molar-refractivity contribution in [2.45, 2.75) is 31.8 Å². The third-order valence-corrected chi connectivity index (χ3v) is 5.39. The fourth-order valence-electron chi connectivity index (χ4n) is 3.66. The summed E-state index contributed by atoms with van der Waals surface area (Å²) in [5, 5.41) is 2.67. The molecule has 0 aliphatic rings. The summed E-state index contributed by atoms with van der Waals surface area (Å²) in [5.41, 5.74) is 3.17. The first-order valence-corrected chi connectivity index (χ1v) is 10.2. The van der Waals surface area contributed by atoms with Crippen molar-refractivity contribution in [3.63, 3.8) is 0 Å². The van der Waals surface area contributed by atoms with Gasteiger partial charge in [-0.05, 0) is 23.6 Å². The van der Waals surface area contributed by atoms with Crippen LogP contribution in [-0.2, 0) is 16.1 Å². The Morgan fingerprint density at radius 2 is 1.27 bits per heavy atom. The Kier molecular flexibility index (Phi) is 7.39.